The number of amides is 1. The van der Waals surface area contributed by atoms with Gasteiger partial charge in [0.15, 0.2) is 0 Å². The number of primary sulfonamides is 1. The van der Waals surface area contributed by atoms with Crippen LogP contribution in [0.5, 0.6) is 5.75 Å². The van der Waals surface area contributed by atoms with Gasteiger partial charge in [0, 0.05) is 11.9 Å². The first-order valence-corrected chi connectivity index (χ1v) is 7.87. The summed E-state index contributed by atoms with van der Waals surface area (Å²) in [5.41, 5.74) is 0.530. The lowest BCUT2D eigenvalue weighted by molar-refractivity contribution is 0.102. The first kappa shape index (κ1) is 16.2. The molecule has 2 rings (SSSR count). The van der Waals surface area contributed by atoms with Crippen LogP contribution in [0.1, 0.15) is 10.4 Å². The first-order chi connectivity index (χ1) is 10.3. The number of hydrogen-bond donors (Lipinski definition) is 2. The molecule has 116 valence electrons. The number of nitrogens with one attached hydrogen (secondary N) is 1. The van der Waals surface area contributed by atoms with Gasteiger partial charge in [-0.25, -0.2) is 18.5 Å². The topological polar surface area (TPSA) is 111 Å². The van der Waals surface area contributed by atoms with Crippen LogP contribution in [0.3, 0.4) is 0 Å². The zero-order valence-corrected chi connectivity index (χ0v) is 13.0. The van der Waals surface area contributed by atoms with Crippen molar-refractivity contribution in [3.8, 4) is 5.75 Å². The molecule has 0 atom stereocenters. The van der Waals surface area contributed by atoms with Gasteiger partial charge in [0.05, 0.1) is 12.7 Å². The van der Waals surface area contributed by atoms with Crippen molar-refractivity contribution >= 4 is 33.2 Å². The molecule has 0 radical (unpaired) electrons. The number of sulfonamides is 1. The van der Waals surface area contributed by atoms with Crippen molar-refractivity contribution in [1.82, 2.24) is 4.98 Å². The maximum Gasteiger partial charge on any atom is 0.257 e. The number of ether oxygens (including phenoxy) is 1. The van der Waals surface area contributed by atoms with Gasteiger partial charge in [-0.05, 0) is 30.3 Å². The number of nitrogens with zero attached hydrogens (tertiary/aromatic N) is 1. The standard InChI is InChI=1S/C13H12ClN3O4S/c1-21-10-4-3-9(6-11(10)22(15,19)20)17-13(18)8-2-5-12(14)16-7-8/h2-7H,1H3,(H,17,18)(H2,15,19,20). The van der Waals surface area contributed by atoms with Crippen molar-refractivity contribution in [3.63, 3.8) is 0 Å². The number of carbonyl (C=O) groups excluding carboxylic acids is 1. The molecule has 1 amide bonds. The monoisotopic (exact) mass is 341 g/mol. The molecule has 22 heavy (non-hydrogen) atoms. The summed E-state index contributed by atoms with van der Waals surface area (Å²) in [5.74, 6) is -0.372. The molecule has 9 heteroatoms. The predicted molar refractivity (Wildman–Crippen MR) is 81.6 cm³/mol. The Hall–Kier alpha value is -2.16. The van der Waals surface area contributed by atoms with Crippen LogP contribution in [-0.2, 0) is 10.0 Å². The van der Waals surface area contributed by atoms with Crippen LogP contribution in [0.2, 0.25) is 5.15 Å². The third kappa shape index (κ3) is 3.73. The fraction of sp³-hybridized carbons (Fsp3) is 0.0769. The summed E-state index contributed by atoms with van der Waals surface area (Å²) in [5, 5.41) is 7.92. The molecule has 7 nitrogen and oxygen atoms in total. The van der Waals surface area contributed by atoms with Gasteiger partial charge in [-0.2, -0.15) is 0 Å². The number of rotatable bonds is 4. The number of pyridine rings is 1. The van der Waals surface area contributed by atoms with E-state index < -0.39 is 15.9 Å². The quantitative estimate of drug-likeness (QED) is 0.821. The van der Waals surface area contributed by atoms with Crippen LogP contribution in [0, 0.1) is 0 Å². The molecular formula is C13H12ClN3O4S. The van der Waals surface area contributed by atoms with Crippen molar-refractivity contribution in [3.05, 3.63) is 47.2 Å². The summed E-state index contributed by atoms with van der Waals surface area (Å²) >= 11 is 5.64. The molecule has 0 aliphatic heterocycles. The second-order valence-electron chi connectivity index (χ2n) is 4.23. The summed E-state index contributed by atoms with van der Waals surface area (Å²) in [4.78, 5) is 15.6. The van der Waals surface area contributed by atoms with E-state index in [1.54, 1.807) is 0 Å². The van der Waals surface area contributed by atoms with Gasteiger partial charge in [0.2, 0.25) is 10.0 Å². The van der Waals surface area contributed by atoms with Crippen molar-refractivity contribution in [2.24, 2.45) is 5.14 Å². The number of halogens is 1. The number of methoxy groups -OCH3 is 1. The summed E-state index contributed by atoms with van der Waals surface area (Å²) in [7, 11) is -2.66. The van der Waals surface area contributed by atoms with Crippen LogP contribution < -0.4 is 15.2 Å². The first-order valence-electron chi connectivity index (χ1n) is 5.95. The summed E-state index contributed by atoms with van der Waals surface area (Å²) in [6.07, 6.45) is 1.31. The molecule has 1 aromatic carbocycles. The third-order valence-electron chi connectivity index (χ3n) is 2.72. The molecular weight excluding hydrogens is 330 g/mol. The second-order valence-corrected chi connectivity index (χ2v) is 6.15. The van der Waals surface area contributed by atoms with Crippen LogP contribution >= 0.6 is 11.6 Å². The maximum absolute atomic E-state index is 12.0. The van der Waals surface area contributed by atoms with E-state index in [1.165, 1.54) is 43.6 Å². The van der Waals surface area contributed by atoms with Gasteiger partial charge in [-0.1, -0.05) is 11.6 Å². The summed E-state index contributed by atoms with van der Waals surface area (Å²) < 4.78 is 28.0. The molecule has 0 unspecified atom stereocenters. The maximum atomic E-state index is 12.0. The fourth-order valence-electron chi connectivity index (χ4n) is 1.69. The van der Waals surface area contributed by atoms with Crippen molar-refractivity contribution in [2.75, 3.05) is 12.4 Å². The average molecular weight is 342 g/mol. The highest BCUT2D eigenvalue weighted by Crippen LogP contribution is 2.26. The number of benzene rings is 1. The largest absolute Gasteiger partial charge is 0.495 e. The molecule has 1 heterocycles. The Morgan fingerprint density at radius 2 is 2.05 bits per heavy atom. The van der Waals surface area contributed by atoms with Crippen molar-refractivity contribution in [2.45, 2.75) is 4.90 Å². The van der Waals surface area contributed by atoms with E-state index in [9.17, 15) is 13.2 Å². The van der Waals surface area contributed by atoms with Crippen molar-refractivity contribution in [1.29, 1.82) is 0 Å². The molecule has 0 saturated carbocycles. The third-order valence-corrected chi connectivity index (χ3v) is 3.87. The Labute approximate surface area is 132 Å². The number of aromatic nitrogens is 1. The highest BCUT2D eigenvalue weighted by Gasteiger charge is 2.16. The van der Waals surface area contributed by atoms with Gasteiger partial charge in [0.25, 0.3) is 5.91 Å². The molecule has 0 saturated heterocycles. The van der Waals surface area contributed by atoms with Crippen LogP contribution in [0.4, 0.5) is 5.69 Å². The molecule has 0 aliphatic carbocycles. The van der Waals surface area contributed by atoms with E-state index in [1.807, 2.05) is 0 Å². The smallest absolute Gasteiger partial charge is 0.257 e. The van der Waals surface area contributed by atoms with Gasteiger partial charge in [0.1, 0.15) is 15.8 Å². The molecule has 0 spiro atoms. The highest BCUT2D eigenvalue weighted by molar-refractivity contribution is 7.89. The highest BCUT2D eigenvalue weighted by atomic mass is 35.5. The van der Waals surface area contributed by atoms with Crippen LogP contribution in [0.15, 0.2) is 41.4 Å². The minimum absolute atomic E-state index is 0.0914. The van der Waals surface area contributed by atoms with Crippen LogP contribution in [-0.4, -0.2) is 26.4 Å². The number of carbonyl (C=O) groups is 1. The molecule has 0 fully saturated rings. The Bertz CT molecular complexity index is 807. The SMILES string of the molecule is COc1ccc(NC(=O)c2ccc(Cl)nc2)cc1S(N)(=O)=O. The van der Waals surface area contributed by atoms with E-state index in [4.69, 9.17) is 21.5 Å². The molecule has 1 aromatic heterocycles. The van der Waals surface area contributed by atoms with Gasteiger partial charge < -0.3 is 10.1 Å². The summed E-state index contributed by atoms with van der Waals surface area (Å²) in [6, 6.07) is 7.08. The lowest BCUT2D eigenvalue weighted by atomic mass is 10.2. The van der Waals surface area contributed by atoms with E-state index in [2.05, 4.69) is 10.3 Å². The van der Waals surface area contributed by atoms with Crippen LogP contribution in [0.25, 0.3) is 0 Å². The minimum Gasteiger partial charge on any atom is -0.495 e. The van der Waals surface area contributed by atoms with E-state index in [-0.39, 0.29) is 27.0 Å². The predicted octanol–water partition coefficient (Wildman–Crippen LogP) is 1.64. The normalized spacial score (nSPS) is 11.0. The summed E-state index contributed by atoms with van der Waals surface area (Å²) in [6.45, 7) is 0. The minimum atomic E-state index is -3.98. The molecule has 2 aromatic rings. The van der Waals surface area contributed by atoms with E-state index in [0.29, 0.717) is 0 Å². The van der Waals surface area contributed by atoms with E-state index >= 15 is 0 Å². The van der Waals surface area contributed by atoms with Gasteiger partial charge >= 0.3 is 0 Å². The van der Waals surface area contributed by atoms with Gasteiger partial charge in [-0.3, -0.25) is 4.79 Å². The molecule has 3 N–H and O–H groups in total. The molecule has 0 aliphatic rings. The Morgan fingerprint density at radius 1 is 1.32 bits per heavy atom. The Morgan fingerprint density at radius 3 is 2.59 bits per heavy atom. The lowest BCUT2D eigenvalue weighted by Crippen LogP contribution is -2.16. The second kappa shape index (κ2) is 6.30. The Kier molecular flexibility index (Phi) is 4.65. The number of hydrogen-bond acceptors (Lipinski definition) is 5. The Balaban J connectivity index is 2.30. The zero-order chi connectivity index (χ0) is 16.3. The fourth-order valence-corrected chi connectivity index (χ4v) is 2.53. The van der Waals surface area contributed by atoms with Gasteiger partial charge in [-0.15, -0.1) is 0 Å². The zero-order valence-electron chi connectivity index (χ0n) is 11.4. The average Bonchev–Trinajstić information content (AvgIpc) is 2.47. The molecule has 0 bridgehead atoms. The lowest BCUT2D eigenvalue weighted by Gasteiger charge is -2.10. The van der Waals surface area contributed by atoms with Crippen molar-refractivity contribution < 1.29 is 17.9 Å². The van der Waals surface area contributed by atoms with E-state index in [0.717, 1.165) is 0 Å². The number of anilines is 1. The number of nitrogens with two attached hydrogens (primary N) is 1.